The second kappa shape index (κ2) is 8.73. The number of carbonyl (C=O) groups excluding carboxylic acids is 2. The molecule has 0 saturated carbocycles. The molecule has 7 heteroatoms. The van der Waals surface area contributed by atoms with E-state index in [1.54, 1.807) is 25.1 Å². The fraction of sp³-hybridized carbons (Fsp3) is 0.389. The lowest BCUT2D eigenvalue weighted by atomic mass is 10.2. The number of benzene rings is 1. The van der Waals surface area contributed by atoms with Gasteiger partial charge in [0.15, 0.2) is 0 Å². The molecule has 0 bridgehead atoms. The number of hydrogen-bond acceptors (Lipinski definition) is 5. The number of carbonyl (C=O) groups is 2. The third kappa shape index (κ3) is 5.24. The molecule has 1 fully saturated rings. The van der Waals surface area contributed by atoms with E-state index in [9.17, 15) is 14.9 Å². The van der Waals surface area contributed by atoms with E-state index in [0.29, 0.717) is 32.7 Å². The average molecular weight is 342 g/mol. The highest BCUT2D eigenvalue weighted by Gasteiger charge is 2.18. The Labute approximate surface area is 147 Å². The molecule has 1 aliphatic heterocycles. The van der Waals surface area contributed by atoms with Gasteiger partial charge in [-0.05, 0) is 17.7 Å². The number of ether oxygens (including phenoxy) is 1. The van der Waals surface area contributed by atoms with E-state index in [1.807, 2.05) is 35.2 Å². The molecule has 0 radical (unpaired) electrons. The molecule has 0 atom stereocenters. The van der Waals surface area contributed by atoms with Crippen molar-refractivity contribution in [2.45, 2.75) is 13.5 Å². The SMILES string of the molecule is COc1ccc(CNC(=O)/C(C#N)=C\N2CCN(C(C)=O)CC2)cc1. The van der Waals surface area contributed by atoms with Gasteiger partial charge >= 0.3 is 0 Å². The summed E-state index contributed by atoms with van der Waals surface area (Å²) in [7, 11) is 1.59. The largest absolute Gasteiger partial charge is 0.497 e. The summed E-state index contributed by atoms with van der Waals surface area (Å²) in [5, 5.41) is 12.0. The highest BCUT2D eigenvalue weighted by Crippen LogP contribution is 2.11. The summed E-state index contributed by atoms with van der Waals surface area (Å²) in [5.74, 6) is 0.381. The third-order valence-corrected chi connectivity index (χ3v) is 4.05. The first-order chi connectivity index (χ1) is 12.0. The predicted octanol–water partition coefficient (Wildman–Crippen LogP) is 0.883. The number of rotatable bonds is 5. The van der Waals surface area contributed by atoms with Crippen LogP contribution in [-0.4, -0.2) is 54.9 Å². The number of nitrogens with one attached hydrogen (secondary N) is 1. The lowest BCUT2D eigenvalue weighted by Gasteiger charge is -2.33. The van der Waals surface area contributed by atoms with Gasteiger partial charge in [0.05, 0.1) is 7.11 Å². The molecule has 1 aromatic carbocycles. The molecule has 1 saturated heterocycles. The predicted molar refractivity (Wildman–Crippen MR) is 92.4 cm³/mol. The maximum Gasteiger partial charge on any atom is 0.263 e. The Balaban J connectivity index is 1.89. The van der Waals surface area contributed by atoms with Crippen molar-refractivity contribution in [2.24, 2.45) is 0 Å². The molecule has 2 rings (SSSR count). The Kier molecular flexibility index (Phi) is 6.40. The van der Waals surface area contributed by atoms with Crippen LogP contribution in [0.15, 0.2) is 36.0 Å². The van der Waals surface area contributed by atoms with Crippen LogP contribution in [-0.2, 0) is 16.1 Å². The van der Waals surface area contributed by atoms with Gasteiger partial charge in [0, 0.05) is 45.8 Å². The number of amides is 2. The van der Waals surface area contributed by atoms with Crippen LogP contribution in [0.5, 0.6) is 5.75 Å². The second-order valence-electron chi connectivity index (χ2n) is 5.73. The van der Waals surface area contributed by atoms with Gasteiger partial charge in [-0.15, -0.1) is 0 Å². The van der Waals surface area contributed by atoms with E-state index in [4.69, 9.17) is 4.74 Å². The summed E-state index contributed by atoms with van der Waals surface area (Å²) in [4.78, 5) is 27.2. The van der Waals surface area contributed by atoms with Crippen molar-refractivity contribution in [1.29, 1.82) is 5.26 Å². The van der Waals surface area contributed by atoms with Crippen molar-refractivity contribution < 1.29 is 14.3 Å². The highest BCUT2D eigenvalue weighted by molar-refractivity contribution is 5.97. The zero-order valence-corrected chi connectivity index (χ0v) is 14.5. The summed E-state index contributed by atoms with van der Waals surface area (Å²) >= 11 is 0. The van der Waals surface area contributed by atoms with E-state index >= 15 is 0 Å². The molecule has 0 aliphatic carbocycles. The monoisotopic (exact) mass is 342 g/mol. The second-order valence-corrected chi connectivity index (χ2v) is 5.73. The molecule has 0 aromatic heterocycles. The maximum atomic E-state index is 12.2. The van der Waals surface area contributed by atoms with Gasteiger partial charge in [0.2, 0.25) is 5.91 Å². The van der Waals surface area contributed by atoms with Gasteiger partial charge in [-0.3, -0.25) is 9.59 Å². The standard InChI is InChI=1S/C18H22N4O3/c1-14(23)22-9-7-21(8-10-22)13-16(11-19)18(24)20-12-15-3-5-17(25-2)6-4-15/h3-6,13H,7-10,12H2,1-2H3,(H,20,24)/b16-13-. The van der Waals surface area contributed by atoms with Crippen molar-refractivity contribution >= 4 is 11.8 Å². The Morgan fingerprint density at radius 2 is 1.88 bits per heavy atom. The normalized spacial score (nSPS) is 14.7. The smallest absolute Gasteiger partial charge is 0.263 e. The Morgan fingerprint density at radius 1 is 1.24 bits per heavy atom. The number of hydrogen-bond donors (Lipinski definition) is 1. The zero-order chi connectivity index (χ0) is 18.2. The van der Waals surface area contributed by atoms with Crippen LogP contribution in [0.2, 0.25) is 0 Å². The van der Waals surface area contributed by atoms with Crippen molar-refractivity contribution in [3.05, 3.63) is 41.6 Å². The fourth-order valence-electron chi connectivity index (χ4n) is 2.51. The number of nitrogens with zero attached hydrogens (tertiary/aromatic N) is 3. The van der Waals surface area contributed by atoms with E-state index in [1.165, 1.54) is 0 Å². The molecule has 7 nitrogen and oxygen atoms in total. The van der Waals surface area contributed by atoms with Gasteiger partial charge in [-0.25, -0.2) is 0 Å². The van der Waals surface area contributed by atoms with Crippen molar-refractivity contribution in [3.63, 3.8) is 0 Å². The van der Waals surface area contributed by atoms with Gasteiger partial charge < -0.3 is 19.9 Å². The summed E-state index contributed by atoms with van der Waals surface area (Å²) in [5.41, 5.74) is 0.978. The highest BCUT2D eigenvalue weighted by atomic mass is 16.5. The molecule has 132 valence electrons. The molecule has 0 spiro atoms. The number of piperazine rings is 1. The molecule has 2 amide bonds. The van der Waals surface area contributed by atoms with E-state index in [2.05, 4.69) is 5.32 Å². The molecular weight excluding hydrogens is 320 g/mol. The minimum absolute atomic E-state index is 0.0429. The average Bonchev–Trinajstić information content (AvgIpc) is 2.64. The van der Waals surface area contributed by atoms with Crippen LogP contribution in [0.25, 0.3) is 0 Å². The van der Waals surface area contributed by atoms with Gasteiger partial charge in [0.1, 0.15) is 17.4 Å². The Morgan fingerprint density at radius 3 is 2.40 bits per heavy atom. The lowest BCUT2D eigenvalue weighted by molar-refractivity contribution is -0.130. The zero-order valence-electron chi connectivity index (χ0n) is 14.5. The minimum Gasteiger partial charge on any atom is -0.497 e. The quantitative estimate of drug-likeness (QED) is 0.634. The van der Waals surface area contributed by atoms with E-state index in [-0.39, 0.29) is 11.5 Å². The number of nitriles is 1. The molecule has 1 aromatic rings. The van der Waals surface area contributed by atoms with Crippen LogP contribution < -0.4 is 10.1 Å². The molecule has 1 heterocycles. The third-order valence-electron chi connectivity index (χ3n) is 4.05. The Hall–Kier alpha value is -3.01. The van der Waals surface area contributed by atoms with Crippen LogP contribution in [0, 0.1) is 11.3 Å². The topological polar surface area (TPSA) is 85.7 Å². The summed E-state index contributed by atoms with van der Waals surface area (Å²) in [6, 6.07) is 9.29. The fourth-order valence-corrected chi connectivity index (χ4v) is 2.51. The van der Waals surface area contributed by atoms with Crippen LogP contribution in [0.1, 0.15) is 12.5 Å². The Bertz CT molecular complexity index is 683. The van der Waals surface area contributed by atoms with E-state index in [0.717, 1.165) is 11.3 Å². The summed E-state index contributed by atoms with van der Waals surface area (Å²) in [6.07, 6.45) is 1.57. The van der Waals surface area contributed by atoms with Crippen molar-refractivity contribution in [2.75, 3.05) is 33.3 Å². The lowest BCUT2D eigenvalue weighted by Crippen LogP contribution is -2.46. The first-order valence-corrected chi connectivity index (χ1v) is 8.06. The summed E-state index contributed by atoms with van der Waals surface area (Å²) in [6.45, 7) is 4.28. The van der Waals surface area contributed by atoms with E-state index < -0.39 is 5.91 Å². The van der Waals surface area contributed by atoms with Crippen LogP contribution in [0.3, 0.4) is 0 Å². The maximum absolute atomic E-state index is 12.2. The molecular formula is C18H22N4O3. The minimum atomic E-state index is -0.410. The molecule has 1 N–H and O–H groups in total. The van der Waals surface area contributed by atoms with Gasteiger partial charge in [-0.2, -0.15) is 5.26 Å². The molecule has 25 heavy (non-hydrogen) atoms. The summed E-state index contributed by atoms with van der Waals surface area (Å²) < 4.78 is 5.09. The van der Waals surface area contributed by atoms with Crippen LogP contribution in [0.4, 0.5) is 0 Å². The van der Waals surface area contributed by atoms with Gasteiger partial charge in [-0.1, -0.05) is 12.1 Å². The van der Waals surface area contributed by atoms with Gasteiger partial charge in [0.25, 0.3) is 5.91 Å². The molecule has 1 aliphatic rings. The van der Waals surface area contributed by atoms with Crippen molar-refractivity contribution in [3.8, 4) is 11.8 Å². The number of methoxy groups -OCH3 is 1. The first kappa shape index (κ1) is 18.3. The van der Waals surface area contributed by atoms with Crippen LogP contribution >= 0.6 is 0 Å². The first-order valence-electron chi connectivity index (χ1n) is 8.06. The van der Waals surface area contributed by atoms with Crippen molar-refractivity contribution in [1.82, 2.24) is 15.1 Å². The molecule has 0 unspecified atom stereocenters.